The molecule has 0 aliphatic carbocycles. The molecule has 0 saturated heterocycles. The largest absolute Gasteiger partial charge is 0.463 e. The molecule has 9 nitrogen and oxygen atoms in total. The Kier molecular flexibility index (Phi) is 4.51. The highest BCUT2D eigenvalue weighted by Gasteiger charge is 2.21. The second kappa shape index (κ2) is 6.61. The van der Waals surface area contributed by atoms with Crippen LogP contribution in [0.3, 0.4) is 0 Å². The maximum absolute atomic E-state index is 12.5. The summed E-state index contributed by atoms with van der Waals surface area (Å²) in [6.45, 7) is 0. The average Bonchev–Trinajstić information content (AvgIpc) is 3.08. The summed E-state index contributed by atoms with van der Waals surface area (Å²) < 4.78 is 32.5. The summed E-state index contributed by atoms with van der Waals surface area (Å²) in [5.74, 6) is 0.304. The van der Waals surface area contributed by atoms with Gasteiger partial charge in [-0.2, -0.15) is 0 Å². The Morgan fingerprint density at radius 1 is 1.24 bits per heavy atom. The van der Waals surface area contributed by atoms with E-state index in [1.807, 2.05) is 0 Å². The standard InChI is InChI=1S/C14H9BrN4O5S/c15-10-8-9(19(20)21)3-4-13(10)25(22,23)18-14-16-6-5-11(17-14)12-2-1-7-24-12/h1-8H,(H,16,17,18). The molecule has 1 N–H and O–H groups in total. The molecule has 0 unspecified atom stereocenters. The number of nitro benzene ring substituents is 1. The molecule has 3 rings (SSSR count). The van der Waals surface area contributed by atoms with Crippen LogP contribution < -0.4 is 4.72 Å². The Bertz CT molecular complexity index is 1040. The molecule has 0 spiro atoms. The molecule has 1 aromatic carbocycles. The number of non-ortho nitro benzene ring substituents is 1. The zero-order chi connectivity index (χ0) is 18.0. The van der Waals surface area contributed by atoms with Crippen LogP contribution in [0.25, 0.3) is 11.5 Å². The van der Waals surface area contributed by atoms with Crippen LogP contribution in [0, 0.1) is 10.1 Å². The zero-order valence-corrected chi connectivity index (χ0v) is 14.7. The number of hydrogen-bond acceptors (Lipinski definition) is 7. The van der Waals surface area contributed by atoms with Crippen LogP contribution in [-0.4, -0.2) is 23.3 Å². The predicted molar refractivity (Wildman–Crippen MR) is 91.3 cm³/mol. The van der Waals surface area contributed by atoms with Crippen molar-refractivity contribution in [3.05, 3.63) is 63.4 Å². The Morgan fingerprint density at radius 2 is 2.04 bits per heavy atom. The summed E-state index contributed by atoms with van der Waals surface area (Å²) in [5, 5.41) is 10.7. The van der Waals surface area contributed by atoms with Gasteiger partial charge in [0.15, 0.2) is 5.76 Å². The first-order chi connectivity index (χ1) is 11.9. The molecule has 0 fully saturated rings. The Morgan fingerprint density at radius 3 is 2.68 bits per heavy atom. The van der Waals surface area contributed by atoms with Crippen LogP contribution in [-0.2, 0) is 10.0 Å². The number of nitro groups is 1. The van der Waals surface area contributed by atoms with Gasteiger partial charge in [-0.15, -0.1) is 0 Å². The van der Waals surface area contributed by atoms with Gasteiger partial charge in [-0.3, -0.25) is 10.1 Å². The van der Waals surface area contributed by atoms with Gasteiger partial charge in [-0.25, -0.2) is 23.1 Å². The summed E-state index contributed by atoms with van der Waals surface area (Å²) in [7, 11) is -4.05. The SMILES string of the molecule is O=[N+]([O-])c1ccc(S(=O)(=O)Nc2nccc(-c3ccco3)n2)c(Br)c1. The van der Waals surface area contributed by atoms with Crippen LogP contribution in [0.1, 0.15) is 0 Å². The van der Waals surface area contributed by atoms with Crippen molar-refractivity contribution in [2.45, 2.75) is 4.90 Å². The van der Waals surface area contributed by atoms with Crippen molar-refractivity contribution in [3.8, 4) is 11.5 Å². The third-order valence-electron chi connectivity index (χ3n) is 3.07. The molecule has 0 aliphatic rings. The van der Waals surface area contributed by atoms with E-state index in [1.54, 1.807) is 18.2 Å². The van der Waals surface area contributed by atoms with Gasteiger partial charge in [-0.05, 0) is 40.2 Å². The van der Waals surface area contributed by atoms with Crippen LogP contribution in [0.4, 0.5) is 11.6 Å². The fraction of sp³-hybridized carbons (Fsp3) is 0. The molecular formula is C14H9BrN4O5S. The van der Waals surface area contributed by atoms with Gasteiger partial charge in [-0.1, -0.05) is 0 Å². The molecule has 128 valence electrons. The van der Waals surface area contributed by atoms with Crippen molar-refractivity contribution in [1.29, 1.82) is 0 Å². The summed E-state index contributed by atoms with van der Waals surface area (Å²) in [4.78, 5) is 17.9. The second-order valence-electron chi connectivity index (χ2n) is 4.72. The number of sulfonamides is 1. The lowest BCUT2D eigenvalue weighted by Gasteiger charge is -2.08. The minimum absolute atomic E-state index is 0.0522. The Labute approximate surface area is 150 Å². The van der Waals surface area contributed by atoms with Gasteiger partial charge in [0, 0.05) is 22.8 Å². The van der Waals surface area contributed by atoms with Crippen molar-refractivity contribution < 1.29 is 17.8 Å². The van der Waals surface area contributed by atoms with Crippen molar-refractivity contribution in [1.82, 2.24) is 9.97 Å². The summed E-state index contributed by atoms with van der Waals surface area (Å²) in [6.07, 6.45) is 2.85. The highest BCUT2D eigenvalue weighted by molar-refractivity contribution is 9.10. The molecule has 2 aromatic heterocycles. The molecule has 0 amide bonds. The first kappa shape index (κ1) is 17.0. The third kappa shape index (κ3) is 3.67. The van der Waals surface area contributed by atoms with Gasteiger partial charge in [0.05, 0.1) is 11.2 Å². The topological polar surface area (TPSA) is 128 Å². The van der Waals surface area contributed by atoms with Gasteiger partial charge < -0.3 is 4.42 Å². The van der Waals surface area contributed by atoms with E-state index in [9.17, 15) is 18.5 Å². The zero-order valence-electron chi connectivity index (χ0n) is 12.3. The average molecular weight is 425 g/mol. The maximum Gasteiger partial charge on any atom is 0.270 e. The quantitative estimate of drug-likeness (QED) is 0.491. The molecule has 0 atom stereocenters. The van der Waals surface area contributed by atoms with Gasteiger partial charge in [0.25, 0.3) is 15.7 Å². The number of nitrogens with zero attached hydrogens (tertiary/aromatic N) is 3. The molecule has 0 saturated carbocycles. The summed E-state index contributed by atoms with van der Waals surface area (Å²) >= 11 is 3.03. The van der Waals surface area contributed by atoms with E-state index in [1.165, 1.54) is 12.5 Å². The first-order valence-corrected chi connectivity index (χ1v) is 8.98. The number of hydrogen-bond donors (Lipinski definition) is 1. The molecule has 25 heavy (non-hydrogen) atoms. The minimum atomic E-state index is -4.05. The van der Waals surface area contributed by atoms with E-state index in [0.717, 1.165) is 18.2 Å². The molecule has 2 heterocycles. The van der Waals surface area contributed by atoms with Crippen LogP contribution in [0.5, 0.6) is 0 Å². The van der Waals surface area contributed by atoms with E-state index in [-0.39, 0.29) is 21.0 Å². The van der Waals surface area contributed by atoms with Gasteiger partial charge in [0.2, 0.25) is 5.95 Å². The molecule has 0 bridgehead atoms. The predicted octanol–water partition coefficient (Wildman–Crippen LogP) is 3.21. The smallest absolute Gasteiger partial charge is 0.270 e. The second-order valence-corrected chi connectivity index (χ2v) is 7.23. The fourth-order valence-electron chi connectivity index (χ4n) is 1.97. The van der Waals surface area contributed by atoms with Crippen LogP contribution >= 0.6 is 15.9 Å². The van der Waals surface area contributed by atoms with Crippen molar-refractivity contribution in [3.63, 3.8) is 0 Å². The van der Waals surface area contributed by atoms with E-state index >= 15 is 0 Å². The highest BCUT2D eigenvalue weighted by Crippen LogP contribution is 2.28. The number of halogens is 1. The number of nitrogens with one attached hydrogen (secondary N) is 1. The minimum Gasteiger partial charge on any atom is -0.463 e. The lowest BCUT2D eigenvalue weighted by Crippen LogP contribution is -2.15. The molecule has 11 heteroatoms. The normalized spacial score (nSPS) is 11.2. The van der Waals surface area contributed by atoms with Crippen molar-refractivity contribution in [2.75, 3.05) is 4.72 Å². The summed E-state index contributed by atoms with van der Waals surface area (Å²) in [5.41, 5.74) is 0.169. The number of anilines is 1. The number of rotatable bonds is 5. The molecule has 0 aliphatic heterocycles. The third-order valence-corrected chi connectivity index (χ3v) is 5.38. The Hall–Kier alpha value is -2.79. The maximum atomic E-state index is 12.5. The molecule has 3 aromatic rings. The van der Waals surface area contributed by atoms with Crippen LogP contribution in [0.15, 0.2) is 62.6 Å². The first-order valence-electron chi connectivity index (χ1n) is 6.70. The fourth-order valence-corrected chi connectivity index (χ4v) is 3.98. The number of aromatic nitrogens is 2. The lowest BCUT2D eigenvalue weighted by atomic mass is 10.3. The lowest BCUT2D eigenvalue weighted by molar-refractivity contribution is -0.385. The highest BCUT2D eigenvalue weighted by atomic mass is 79.9. The number of benzene rings is 1. The Balaban J connectivity index is 1.92. The van der Waals surface area contributed by atoms with Crippen LogP contribution in [0.2, 0.25) is 0 Å². The van der Waals surface area contributed by atoms with E-state index in [0.29, 0.717) is 11.5 Å². The van der Waals surface area contributed by atoms with E-state index in [2.05, 4.69) is 30.6 Å². The monoisotopic (exact) mass is 424 g/mol. The van der Waals surface area contributed by atoms with Gasteiger partial charge in [0.1, 0.15) is 10.6 Å². The summed E-state index contributed by atoms with van der Waals surface area (Å²) in [6, 6.07) is 8.25. The van der Waals surface area contributed by atoms with Crippen molar-refractivity contribution in [2.24, 2.45) is 0 Å². The van der Waals surface area contributed by atoms with E-state index in [4.69, 9.17) is 4.42 Å². The van der Waals surface area contributed by atoms with Crippen molar-refractivity contribution >= 4 is 37.6 Å². The number of furan rings is 1. The van der Waals surface area contributed by atoms with E-state index < -0.39 is 14.9 Å². The molecule has 0 radical (unpaired) electrons. The molecular weight excluding hydrogens is 416 g/mol. The van der Waals surface area contributed by atoms with Gasteiger partial charge >= 0.3 is 0 Å².